The van der Waals surface area contributed by atoms with Crippen molar-refractivity contribution in [2.24, 2.45) is 0 Å². The molecular formula is C14H20N2O. The summed E-state index contributed by atoms with van der Waals surface area (Å²) in [5.41, 5.74) is 2.53. The van der Waals surface area contributed by atoms with Gasteiger partial charge >= 0.3 is 0 Å². The molecule has 2 aromatic rings. The summed E-state index contributed by atoms with van der Waals surface area (Å²) in [7, 11) is 0. The average molecular weight is 232 g/mol. The Bertz CT molecular complexity index is 476. The number of nitrogens with one attached hydrogen (secondary N) is 1. The van der Waals surface area contributed by atoms with Crippen molar-refractivity contribution in [3.63, 3.8) is 0 Å². The molecule has 0 aliphatic carbocycles. The molecule has 0 amide bonds. The SMILES string of the molecule is CCCNCc1cccc2c1ccn2CCO. The highest BCUT2D eigenvalue weighted by atomic mass is 16.3. The van der Waals surface area contributed by atoms with Gasteiger partial charge in [0.1, 0.15) is 0 Å². The van der Waals surface area contributed by atoms with Crippen LogP contribution in [0.3, 0.4) is 0 Å². The number of hydrogen-bond acceptors (Lipinski definition) is 2. The summed E-state index contributed by atoms with van der Waals surface area (Å²) in [5, 5.41) is 13.7. The van der Waals surface area contributed by atoms with Crippen LogP contribution in [0, 0.1) is 0 Å². The van der Waals surface area contributed by atoms with Crippen LogP contribution in [0.4, 0.5) is 0 Å². The van der Waals surface area contributed by atoms with Crippen LogP contribution in [0.15, 0.2) is 30.5 Å². The monoisotopic (exact) mass is 232 g/mol. The highest BCUT2D eigenvalue weighted by Gasteiger charge is 2.04. The minimum atomic E-state index is 0.183. The third-order valence-electron chi connectivity index (χ3n) is 2.99. The fourth-order valence-electron chi connectivity index (χ4n) is 2.14. The number of hydrogen-bond donors (Lipinski definition) is 2. The van der Waals surface area contributed by atoms with Gasteiger partial charge in [-0.15, -0.1) is 0 Å². The molecule has 3 heteroatoms. The van der Waals surface area contributed by atoms with E-state index in [9.17, 15) is 0 Å². The molecule has 0 saturated heterocycles. The van der Waals surface area contributed by atoms with Gasteiger partial charge in [-0.1, -0.05) is 19.1 Å². The minimum absolute atomic E-state index is 0.183. The van der Waals surface area contributed by atoms with Gasteiger partial charge in [0.25, 0.3) is 0 Å². The van der Waals surface area contributed by atoms with Gasteiger partial charge in [0.15, 0.2) is 0 Å². The molecule has 1 aromatic carbocycles. The van der Waals surface area contributed by atoms with E-state index in [0.717, 1.165) is 19.5 Å². The molecule has 0 spiro atoms. The lowest BCUT2D eigenvalue weighted by atomic mass is 10.1. The molecule has 17 heavy (non-hydrogen) atoms. The van der Waals surface area contributed by atoms with E-state index in [0.29, 0.717) is 6.54 Å². The summed E-state index contributed by atoms with van der Waals surface area (Å²) in [6, 6.07) is 8.48. The van der Waals surface area contributed by atoms with Crippen LogP contribution in [0.2, 0.25) is 0 Å². The molecule has 0 bridgehead atoms. The lowest BCUT2D eigenvalue weighted by Crippen LogP contribution is -2.13. The smallest absolute Gasteiger partial charge is 0.0610 e. The molecule has 0 aliphatic heterocycles. The third-order valence-corrected chi connectivity index (χ3v) is 2.99. The Balaban J connectivity index is 2.24. The second kappa shape index (κ2) is 5.84. The van der Waals surface area contributed by atoms with Crippen molar-refractivity contribution >= 4 is 10.9 Å². The van der Waals surface area contributed by atoms with E-state index < -0.39 is 0 Å². The number of benzene rings is 1. The van der Waals surface area contributed by atoms with Crippen LogP contribution in [0.25, 0.3) is 10.9 Å². The van der Waals surface area contributed by atoms with Crippen LogP contribution in [-0.4, -0.2) is 22.8 Å². The second-order valence-electron chi connectivity index (χ2n) is 4.26. The molecule has 92 valence electrons. The van der Waals surface area contributed by atoms with Crippen LogP contribution < -0.4 is 5.32 Å². The fourth-order valence-corrected chi connectivity index (χ4v) is 2.14. The topological polar surface area (TPSA) is 37.2 Å². The predicted molar refractivity (Wildman–Crippen MR) is 71.0 cm³/mol. The first kappa shape index (κ1) is 12.1. The Morgan fingerprint density at radius 1 is 1.29 bits per heavy atom. The maximum absolute atomic E-state index is 9.01. The lowest BCUT2D eigenvalue weighted by Gasteiger charge is -2.07. The average Bonchev–Trinajstić information content (AvgIpc) is 2.75. The van der Waals surface area contributed by atoms with Crippen molar-refractivity contribution in [1.82, 2.24) is 9.88 Å². The number of rotatable bonds is 6. The molecule has 0 atom stereocenters. The van der Waals surface area contributed by atoms with Crippen LogP contribution >= 0.6 is 0 Å². The molecule has 0 radical (unpaired) electrons. The summed E-state index contributed by atoms with van der Waals surface area (Å²) >= 11 is 0. The Hall–Kier alpha value is -1.32. The maximum Gasteiger partial charge on any atom is 0.0610 e. The van der Waals surface area contributed by atoms with Gasteiger partial charge in [-0.05, 0) is 30.7 Å². The standard InChI is InChI=1S/C14H20N2O/c1-2-7-15-11-12-4-3-5-14-13(12)6-8-16(14)9-10-17/h3-6,8,15,17H,2,7,9-11H2,1H3. The largest absolute Gasteiger partial charge is 0.395 e. The number of aliphatic hydroxyl groups is 1. The molecule has 0 fully saturated rings. The highest BCUT2D eigenvalue weighted by molar-refractivity contribution is 5.83. The van der Waals surface area contributed by atoms with E-state index in [1.807, 2.05) is 6.20 Å². The van der Waals surface area contributed by atoms with E-state index in [2.05, 4.69) is 41.1 Å². The Labute approximate surface area is 102 Å². The van der Waals surface area contributed by atoms with Crippen molar-refractivity contribution in [1.29, 1.82) is 0 Å². The summed E-state index contributed by atoms with van der Waals surface area (Å²) in [4.78, 5) is 0. The molecule has 2 N–H and O–H groups in total. The van der Waals surface area contributed by atoms with Crippen molar-refractivity contribution in [2.75, 3.05) is 13.2 Å². The van der Waals surface area contributed by atoms with Gasteiger partial charge in [-0.25, -0.2) is 0 Å². The molecule has 2 rings (SSSR count). The van der Waals surface area contributed by atoms with Gasteiger partial charge < -0.3 is 15.0 Å². The Morgan fingerprint density at radius 2 is 2.18 bits per heavy atom. The van der Waals surface area contributed by atoms with Gasteiger partial charge in [0, 0.05) is 30.2 Å². The zero-order valence-corrected chi connectivity index (χ0v) is 10.3. The summed E-state index contributed by atoms with van der Waals surface area (Å²) in [6.45, 7) is 4.98. The van der Waals surface area contributed by atoms with E-state index in [4.69, 9.17) is 5.11 Å². The first-order valence-electron chi connectivity index (χ1n) is 6.25. The number of fused-ring (bicyclic) bond motifs is 1. The quantitative estimate of drug-likeness (QED) is 0.749. The van der Waals surface area contributed by atoms with Crippen LogP contribution in [0.1, 0.15) is 18.9 Å². The van der Waals surface area contributed by atoms with Gasteiger partial charge in [-0.3, -0.25) is 0 Å². The van der Waals surface area contributed by atoms with Crippen molar-refractivity contribution in [3.8, 4) is 0 Å². The highest BCUT2D eigenvalue weighted by Crippen LogP contribution is 2.20. The molecule has 1 heterocycles. The number of aliphatic hydroxyl groups excluding tert-OH is 1. The summed E-state index contributed by atoms with van der Waals surface area (Å²) in [5.74, 6) is 0. The molecule has 0 aliphatic rings. The normalized spacial score (nSPS) is 11.2. The summed E-state index contributed by atoms with van der Waals surface area (Å²) < 4.78 is 2.10. The van der Waals surface area contributed by atoms with Crippen molar-refractivity contribution < 1.29 is 5.11 Å². The van der Waals surface area contributed by atoms with E-state index in [-0.39, 0.29) is 6.61 Å². The Kier molecular flexibility index (Phi) is 4.18. The molecule has 3 nitrogen and oxygen atoms in total. The van der Waals surface area contributed by atoms with E-state index >= 15 is 0 Å². The minimum Gasteiger partial charge on any atom is -0.395 e. The number of nitrogens with zero attached hydrogens (tertiary/aromatic N) is 1. The zero-order chi connectivity index (χ0) is 12.1. The van der Waals surface area contributed by atoms with Crippen molar-refractivity contribution in [2.45, 2.75) is 26.4 Å². The molecule has 0 unspecified atom stereocenters. The zero-order valence-electron chi connectivity index (χ0n) is 10.3. The van der Waals surface area contributed by atoms with Gasteiger partial charge in [0.05, 0.1) is 6.61 Å². The number of aromatic nitrogens is 1. The molecular weight excluding hydrogens is 212 g/mol. The first-order chi connectivity index (χ1) is 8.36. The Morgan fingerprint density at radius 3 is 2.94 bits per heavy atom. The predicted octanol–water partition coefficient (Wildman–Crippen LogP) is 2.13. The molecule has 0 saturated carbocycles. The second-order valence-corrected chi connectivity index (χ2v) is 4.26. The van der Waals surface area contributed by atoms with Crippen LogP contribution in [-0.2, 0) is 13.1 Å². The van der Waals surface area contributed by atoms with Crippen molar-refractivity contribution in [3.05, 3.63) is 36.0 Å². The molecule has 1 aromatic heterocycles. The third kappa shape index (κ3) is 2.68. The lowest BCUT2D eigenvalue weighted by molar-refractivity contribution is 0.278. The van der Waals surface area contributed by atoms with Gasteiger partial charge in [0.2, 0.25) is 0 Å². The maximum atomic E-state index is 9.01. The van der Waals surface area contributed by atoms with Crippen LogP contribution in [0.5, 0.6) is 0 Å². The van der Waals surface area contributed by atoms with E-state index in [1.165, 1.54) is 16.5 Å². The van der Waals surface area contributed by atoms with E-state index in [1.54, 1.807) is 0 Å². The van der Waals surface area contributed by atoms with Gasteiger partial charge in [-0.2, -0.15) is 0 Å². The first-order valence-corrected chi connectivity index (χ1v) is 6.25. The fraction of sp³-hybridized carbons (Fsp3) is 0.429. The summed E-state index contributed by atoms with van der Waals surface area (Å²) in [6.07, 6.45) is 3.20.